The summed E-state index contributed by atoms with van der Waals surface area (Å²) in [5.74, 6) is -0.832. The summed E-state index contributed by atoms with van der Waals surface area (Å²) < 4.78 is 23.8. The van der Waals surface area contributed by atoms with E-state index in [0.717, 1.165) is 0 Å². The van der Waals surface area contributed by atoms with Crippen LogP contribution >= 0.6 is 0 Å². The van der Waals surface area contributed by atoms with E-state index in [1.165, 1.54) is 12.1 Å². The number of hydrogen-bond donors (Lipinski definition) is 1. The maximum Gasteiger partial charge on any atom is 0.329 e. The minimum Gasteiger partial charge on any atom is -0.494 e. The Hall–Kier alpha value is -2.89. The first kappa shape index (κ1) is 20.4. The van der Waals surface area contributed by atoms with Crippen LogP contribution in [0, 0.1) is 11.7 Å². The van der Waals surface area contributed by atoms with Gasteiger partial charge in [-0.15, -0.1) is 0 Å². The number of halogens is 1. The number of nitrogens with one attached hydrogen (secondary N) is 1. The predicted molar refractivity (Wildman–Crippen MR) is 99.9 cm³/mol. The van der Waals surface area contributed by atoms with E-state index in [1.807, 2.05) is 20.8 Å². The number of hydrogen-bond acceptors (Lipinski definition) is 4. The lowest BCUT2D eigenvalue weighted by molar-refractivity contribution is -0.148. The van der Waals surface area contributed by atoms with Crippen LogP contribution in [-0.4, -0.2) is 24.5 Å². The quantitative estimate of drug-likeness (QED) is 0.716. The molecule has 0 saturated carbocycles. The van der Waals surface area contributed by atoms with Gasteiger partial charge in [0.05, 0.1) is 6.61 Å². The number of carbonyl (C=O) groups excluding carboxylic acids is 2. The molecule has 0 bridgehead atoms. The third-order valence-electron chi connectivity index (χ3n) is 3.90. The van der Waals surface area contributed by atoms with Crippen molar-refractivity contribution >= 4 is 11.9 Å². The Labute approximate surface area is 158 Å². The molecule has 27 heavy (non-hydrogen) atoms. The average Bonchev–Trinajstić information content (AvgIpc) is 2.64. The topological polar surface area (TPSA) is 64.6 Å². The van der Waals surface area contributed by atoms with Crippen LogP contribution in [0.2, 0.25) is 0 Å². The van der Waals surface area contributed by atoms with Crippen molar-refractivity contribution in [2.24, 2.45) is 5.92 Å². The van der Waals surface area contributed by atoms with Crippen molar-refractivity contribution in [1.29, 1.82) is 0 Å². The normalized spacial score (nSPS) is 11.7. The molecule has 0 spiro atoms. The first-order chi connectivity index (χ1) is 12.9. The molecule has 2 rings (SSSR count). The van der Waals surface area contributed by atoms with Crippen LogP contribution in [0.25, 0.3) is 0 Å². The van der Waals surface area contributed by atoms with Gasteiger partial charge in [-0.25, -0.2) is 9.18 Å². The summed E-state index contributed by atoms with van der Waals surface area (Å²) in [7, 11) is 0. The highest BCUT2D eigenvalue weighted by Gasteiger charge is 2.26. The number of esters is 1. The van der Waals surface area contributed by atoms with Crippen molar-refractivity contribution in [2.45, 2.75) is 33.4 Å². The zero-order valence-electron chi connectivity index (χ0n) is 15.7. The van der Waals surface area contributed by atoms with Crippen molar-refractivity contribution in [3.8, 4) is 5.75 Å². The molecule has 0 aliphatic heterocycles. The van der Waals surface area contributed by atoms with E-state index < -0.39 is 17.8 Å². The zero-order chi connectivity index (χ0) is 19.8. The van der Waals surface area contributed by atoms with E-state index in [4.69, 9.17) is 9.47 Å². The van der Waals surface area contributed by atoms with Crippen LogP contribution in [0.1, 0.15) is 36.7 Å². The summed E-state index contributed by atoms with van der Waals surface area (Å²) in [6, 6.07) is 11.7. The summed E-state index contributed by atoms with van der Waals surface area (Å²) in [4.78, 5) is 24.8. The monoisotopic (exact) mass is 373 g/mol. The Morgan fingerprint density at radius 1 is 1.11 bits per heavy atom. The highest BCUT2D eigenvalue weighted by molar-refractivity contribution is 5.96. The van der Waals surface area contributed by atoms with E-state index in [2.05, 4.69) is 5.32 Å². The van der Waals surface area contributed by atoms with Gasteiger partial charge in [0.15, 0.2) is 0 Å². The standard InChI is InChI=1S/C21H24FNO4/c1-4-26-18-10-8-16(9-11-18)20(24)23-19(14(2)3)21(25)27-13-15-6-5-7-17(22)12-15/h5-12,14,19H,4,13H2,1-3H3,(H,23,24)/t19-/m0/s1. The third kappa shape index (κ3) is 6.09. The van der Waals surface area contributed by atoms with Crippen molar-refractivity contribution in [1.82, 2.24) is 5.32 Å². The summed E-state index contributed by atoms with van der Waals surface area (Å²) in [6.07, 6.45) is 0. The lowest BCUT2D eigenvalue weighted by atomic mass is 10.0. The van der Waals surface area contributed by atoms with Crippen LogP contribution in [-0.2, 0) is 16.1 Å². The van der Waals surface area contributed by atoms with Crippen molar-refractivity contribution in [3.05, 3.63) is 65.5 Å². The van der Waals surface area contributed by atoms with Gasteiger partial charge in [-0.2, -0.15) is 0 Å². The molecule has 1 amide bonds. The molecule has 1 N–H and O–H groups in total. The van der Waals surface area contributed by atoms with Crippen LogP contribution in [0.3, 0.4) is 0 Å². The van der Waals surface area contributed by atoms with E-state index in [1.54, 1.807) is 36.4 Å². The molecular formula is C21H24FNO4. The lowest BCUT2D eigenvalue weighted by Gasteiger charge is -2.21. The van der Waals surface area contributed by atoms with Gasteiger partial charge in [-0.1, -0.05) is 26.0 Å². The fourth-order valence-corrected chi connectivity index (χ4v) is 2.46. The van der Waals surface area contributed by atoms with E-state index in [0.29, 0.717) is 23.5 Å². The molecule has 0 saturated heterocycles. The summed E-state index contributed by atoms with van der Waals surface area (Å²) in [5.41, 5.74) is 0.964. The molecular weight excluding hydrogens is 349 g/mol. The van der Waals surface area contributed by atoms with Gasteiger partial charge in [-0.05, 0) is 54.8 Å². The molecule has 2 aromatic rings. The Morgan fingerprint density at radius 2 is 1.81 bits per heavy atom. The summed E-state index contributed by atoms with van der Waals surface area (Å²) >= 11 is 0. The molecule has 144 valence electrons. The molecule has 1 atom stereocenters. The van der Waals surface area contributed by atoms with Gasteiger partial charge >= 0.3 is 5.97 Å². The molecule has 0 unspecified atom stereocenters. The molecule has 0 radical (unpaired) electrons. The Bertz CT molecular complexity index is 774. The average molecular weight is 373 g/mol. The second-order valence-corrected chi connectivity index (χ2v) is 6.39. The van der Waals surface area contributed by atoms with Gasteiger partial charge in [0.2, 0.25) is 0 Å². The molecule has 0 aliphatic rings. The Balaban J connectivity index is 1.98. The lowest BCUT2D eigenvalue weighted by Crippen LogP contribution is -2.45. The minimum absolute atomic E-state index is 0.0568. The van der Waals surface area contributed by atoms with Crippen LogP contribution in [0.5, 0.6) is 5.75 Å². The molecule has 0 fully saturated rings. The second-order valence-electron chi connectivity index (χ2n) is 6.39. The van der Waals surface area contributed by atoms with Crippen LogP contribution < -0.4 is 10.1 Å². The fraction of sp³-hybridized carbons (Fsp3) is 0.333. The van der Waals surface area contributed by atoms with Crippen LogP contribution in [0.15, 0.2) is 48.5 Å². The van der Waals surface area contributed by atoms with Crippen molar-refractivity contribution in [3.63, 3.8) is 0 Å². The van der Waals surface area contributed by atoms with Gasteiger partial charge in [0.1, 0.15) is 24.2 Å². The van der Waals surface area contributed by atoms with Gasteiger partial charge in [0, 0.05) is 5.56 Å². The maximum atomic E-state index is 13.2. The zero-order valence-corrected chi connectivity index (χ0v) is 15.7. The largest absolute Gasteiger partial charge is 0.494 e. The van der Waals surface area contributed by atoms with Crippen molar-refractivity contribution in [2.75, 3.05) is 6.61 Å². The number of rotatable bonds is 8. The molecule has 0 heterocycles. The minimum atomic E-state index is -0.808. The summed E-state index contributed by atoms with van der Waals surface area (Å²) in [6.45, 7) is 5.99. The molecule has 2 aromatic carbocycles. The Morgan fingerprint density at radius 3 is 2.41 bits per heavy atom. The number of ether oxygens (including phenoxy) is 2. The smallest absolute Gasteiger partial charge is 0.329 e. The van der Waals surface area contributed by atoms with E-state index in [9.17, 15) is 14.0 Å². The highest BCUT2D eigenvalue weighted by Crippen LogP contribution is 2.14. The first-order valence-electron chi connectivity index (χ1n) is 8.85. The van der Waals surface area contributed by atoms with E-state index >= 15 is 0 Å². The SMILES string of the molecule is CCOc1ccc(C(=O)N[C@H](C(=O)OCc2cccc(F)c2)C(C)C)cc1. The van der Waals surface area contributed by atoms with Gasteiger partial charge < -0.3 is 14.8 Å². The third-order valence-corrected chi connectivity index (χ3v) is 3.90. The number of amides is 1. The molecule has 0 aliphatic carbocycles. The van der Waals surface area contributed by atoms with Crippen molar-refractivity contribution < 1.29 is 23.5 Å². The number of carbonyl (C=O) groups is 2. The second kappa shape index (κ2) is 9.71. The van der Waals surface area contributed by atoms with Crippen LogP contribution in [0.4, 0.5) is 4.39 Å². The van der Waals surface area contributed by atoms with E-state index in [-0.39, 0.29) is 18.4 Å². The molecule has 6 heteroatoms. The van der Waals surface area contributed by atoms with Gasteiger partial charge in [-0.3, -0.25) is 4.79 Å². The maximum absolute atomic E-state index is 13.2. The molecule has 0 aromatic heterocycles. The number of benzene rings is 2. The first-order valence-corrected chi connectivity index (χ1v) is 8.85. The summed E-state index contributed by atoms with van der Waals surface area (Å²) in [5, 5.41) is 2.70. The highest BCUT2D eigenvalue weighted by atomic mass is 19.1. The predicted octanol–water partition coefficient (Wildman–Crippen LogP) is 3.72. The Kier molecular flexibility index (Phi) is 7.34. The van der Waals surface area contributed by atoms with Gasteiger partial charge in [0.25, 0.3) is 5.91 Å². The molecule has 5 nitrogen and oxygen atoms in total. The fourth-order valence-electron chi connectivity index (χ4n) is 2.46.